The van der Waals surface area contributed by atoms with Crippen molar-refractivity contribution in [3.05, 3.63) is 29.8 Å². The lowest BCUT2D eigenvalue weighted by atomic mass is 9.87. The number of nitrogens with one attached hydrogen (secondary N) is 1. The topological polar surface area (TPSA) is 29.1 Å². The van der Waals surface area contributed by atoms with Crippen molar-refractivity contribution < 1.29 is 4.21 Å². The van der Waals surface area contributed by atoms with E-state index in [0.29, 0.717) is 5.75 Å². The number of benzene rings is 1. The van der Waals surface area contributed by atoms with Crippen LogP contribution in [-0.2, 0) is 16.2 Å². The molecule has 0 amide bonds. The van der Waals surface area contributed by atoms with Gasteiger partial charge in [-0.3, -0.25) is 4.21 Å². The first-order chi connectivity index (χ1) is 8.45. The van der Waals surface area contributed by atoms with E-state index in [9.17, 15) is 4.21 Å². The molecule has 0 saturated carbocycles. The quantitative estimate of drug-likeness (QED) is 0.803. The van der Waals surface area contributed by atoms with Crippen LogP contribution in [0.25, 0.3) is 0 Å². The van der Waals surface area contributed by atoms with Crippen molar-refractivity contribution in [1.82, 2.24) is 5.32 Å². The third kappa shape index (κ3) is 4.91. The van der Waals surface area contributed by atoms with Crippen molar-refractivity contribution in [2.45, 2.75) is 44.4 Å². The molecule has 1 unspecified atom stereocenters. The van der Waals surface area contributed by atoms with Crippen molar-refractivity contribution in [1.29, 1.82) is 0 Å². The van der Waals surface area contributed by atoms with Crippen molar-refractivity contribution in [3.8, 4) is 0 Å². The zero-order valence-corrected chi connectivity index (χ0v) is 12.8. The molecule has 1 aromatic carbocycles. The van der Waals surface area contributed by atoms with E-state index in [1.165, 1.54) is 5.56 Å². The smallest absolute Gasteiger partial charge is 0.0542 e. The van der Waals surface area contributed by atoms with E-state index in [-0.39, 0.29) is 5.41 Å². The lowest BCUT2D eigenvalue weighted by molar-refractivity contribution is 0.589. The van der Waals surface area contributed by atoms with Crippen molar-refractivity contribution in [2.75, 3.05) is 18.8 Å². The minimum atomic E-state index is -0.884. The third-order valence-electron chi connectivity index (χ3n) is 2.87. The predicted octanol–water partition coefficient (Wildman–Crippen LogP) is 3.09. The fourth-order valence-corrected chi connectivity index (χ4v) is 2.70. The van der Waals surface area contributed by atoms with Crippen molar-refractivity contribution in [3.63, 3.8) is 0 Å². The third-order valence-corrected chi connectivity index (χ3v) is 4.25. The monoisotopic (exact) mass is 267 g/mol. The molecule has 1 N–H and O–H groups in total. The van der Waals surface area contributed by atoms with Crippen LogP contribution in [0.2, 0.25) is 0 Å². The standard InChI is InChI=1S/C15H25NOS/c1-5-10-16-11-12-18(17)14-8-6-13(7-9-14)15(2,3)4/h6-9,16H,5,10-12H2,1-4H3. The fourth-order valence-electron chi connectivity index (χ4n) is 1.69. The molecule has 1 rings (SSSR count). The van der Waals surface area contributed by atoms with E-state index in [1.54, 1.807) is 0 Å². The Morgan fingerprint density at radius 3 is 2.22 bits per heavy atom. The highest BCUT2D eigenvalue weighted by Crippen LogP contribution is 2.22. The van der Waals surface area contributed by atoms with E-state index in [1.807, 2.05) is 12.1 Å². The van der Waals surface area contributed by atoms with Gasteiger partial charge in [0, 0.05) is 17.2 Å². The van der Waals surface area contributed by atoms with Crippen LogP contribution in [0, 0.1) is 0 Å². The van der Waals surface area contributed by atoms with Gasteiger partial charge in [0.05, 0.1) is 10.8 Å². The Balaban J connectivity index is 2.54. The van der Waals surface area contributed by atoms with Crippen LogP contribution in [0.4, 0.5) is 0 Å². The number of hydrogen-bond donors (Lipinski definition) is 1. The minimum absolute atomic E-state index is 0.155. The molecule has 0 aromatic heterocycles. The summed E-state index contributed by atoms with van der Waals surface area (Å²) in [6.07, 6.45) is 1.12. The molecule has 3 heteroatoms. The summed E-state index contributed by atoms with van der Waals surface area (Å²) < 4.78 is 12.0. The van der Waals surface area contributed by atoms with Gasteiger partial charge < -0.3 is 5.32 Å². The molecule has 1 aromatic rings. The Kier molecular flexibility index (Phi) is 6.03. The van der Waals surface area contributed by atoms with E-state index >= 15 is 0 Å². The van der Waals surface area contributed by atoms with Gasteiger partial charge in [-0.25, -0.2) is 0 Å². The molecule has 1 atom stereocenters. The lowest BCUT2D eigenvalue weighted by Crippen LogP contribution is -2.21. The minimum Gasteiger partial charge on any atom is -0.316 e. The molecule has 0 spiro atoms. The molecule has 0 aliphatic carbocycles. The first-order valence-corrected chi connectivity index (χ1v) is 7.96. The lowest BCUT2D eigenvalue weighted by Gasteiger charge is -2.19. The summed E-state index contributed by atoms with van der Waals surface area (Å²) in [6.45, 7) is 10.5. The van der Waals surface area contributed by atoms with Gasteiger partial charge in [-0.05, 0) is 36.1 Å². The second-order valence-corrected chi connectivity index (χ2v) is 7.14. The number of rotatable bonds is 6. The predicted molar refractivity (Wildman–Crippen MR) is 79.6 cm³/mol. The molecule has 0 saturated heterocycles. The second-order valence-electron chi connectivity index (χ2n) is 5.57. The SMILES string of the molecule is CCCNCCS(=O)c1ccc(C(C)(C)C)cc1. The Morgan fingerprint density at radius 2 is 1.72 bits per heavy atom. The first kappa shape index (κ1) is 15.4. The molecule has 0 radical (unpaired) electrons. The summed E-state index contributed by atoms with van der Waals surface area (Å²) in [6, 6.07) is 8.17. The zero-order valence-electron chi connectivity index (χ0n) is 12.0. The van der Waals surface area contributed by atoms with Gasteiger partial charge in [-0.1, -0.05) is 39.8 Å². The van der Waals surface area contributed by atoms with Crippen LogP contribution in [0.5, 0.6) is 0 Å². The molecule has 0 heterocycles. The maximum Gasteiger partial charge on any atom is 0.0542 e. The Labute approximate surface area is 114 Å². The summed E-state index contributed by atoms with van der Waals surface area (Å²) in [7, 11) is -0.884. The molecule has 2 nitrogen and oxygen atoms in total. The van der Waals surface area contributed by atoms with Crippen LogP contribution < -0.4 is 5.32 Å². The summed E-state index contributed by atoms with van der Waals surface area (Å²) in [4.78, 5) is 0.932. The van der Waals surface area contributed by atoms with Gasteiger partial charge in [-0.2, -0.15) is 0 Å². The van der Waals surface area contributed by atoms with Gasteiger partial charge in [0.25, 0.3) is 0 Å². The molecule has 18 heavy (non-hydrogen) atoms. The Bertz CT molecular complexity index is 378. The summed E-state index contributed by atoms with van der Waals surface area (Å²) >= 11 is 0. The van der Waals surface area contributed by atoms with Gasteiger partial charge in [0.15, 0.2) is 0 Å². The molecule has 0 aliphatic rings. The van der Waals surface area contributed by atoms with Crippen molar-refractivity contribution in [2.24, 2.45) is 0 Å². The van der Waals surface area contributed by atoms with E-state index in [4.69, 9.17) is 0 Å². The van der Waals surface area contributed by atoms with Crippen LogP contribution in [0.15, 0.2) is 29.2 Å². The van der Waals surface area contributed by atoms with Crippen LogP contribution >= 0.6 is 0 Å². The van der Waals surface area contributed by atoms with Crippen LogP contribution in [0.3, 0.4) is 0 Å². The maximum absolute atomic E-state index is 12.0. The first-order valence-electron chi connectivity index (χ1n) is 6.65. The van der Waals surface area contributed by atoms with Gasteiger partial charge in [-0.15, -0.1) is 0 Å². The van der Waals surface area contributed by atoms with Crippen molar-refractivity contribution >= 4 is 10.8 Å². The largest absolute Gasteiger partial charge is 0.316 e. The molecule has 102 valence electrons. The molecule has 0 fully saturated rings. The average Bonchev–Trinajstić information content (AvgIpc) is 2.33. The number of hydrogen-bond acceptors (Lipinski definition) is 2. The average molecular weight is 267 g/mol. The maximum atomic E-state index is 12.0. The highest BCUT2D eigenvalue weighted by Gasteiger charge is 2.13. The summed E-state index contributed by atoms with van der Waals surface area (Å²) in [5, 5.41) is 3.28. The molecule has 0 bridgehead atoms. The highest BCUT2D eigenvalue weighted by atomic mass is 32.2. The van der Waals surface area contributed by atoms with E-state index < -0.39 is 10.8 Å². The molecular weight excluding hydrogens is 242 g/mol. The van der Waals surface area contributed by atoms with E-state index in [2.05, 4.69) is 45.1 Å². The Morgan fingerprint density at radius 1 is 1.11 bits per heavy atom. The van der Waals surface area contributed by atoms with Gasteiger partial charge >= 0.3 is 0 Å². The van der Waals surface area contributed by atoms with Gasteiger partial charge in [0.2, 0.25) is 0 Å². The van der Waals surface area contributed by atoms with Gasteiger partial charge in [0.1, 0.15) is 0 Å². The summed E-state index contributed by atoms with van der Waals surface area (Å²) in [5.41, 5.74) is 1.44. The fraction of sp³-hybridized carbons (Fsp3) is 0.600. The zero-order chi connectivity index (χ0) is 13.6. The summed E-state index contributed by atoms with van der Waals surface area (Å²) in [5.74, 6) is 0.689. The molecule has 0 aliphatic heterocycles. The Hall–Kier alpha value is -0.670. The van der Waals surface area contributed by atoms with Crippen LogP contribution in [0.1, 0.15) is 39.7 Å². The normalized spacial score (nSPS) is 13.6. The second kappa shape index (κ2) is 7.05. The highest BCUT2D eigenvalue weighted by molar-refractivity contribution is 7.85. The van der Waals surface area contributed by atoms with Crippen LogP contribution in [-0.4, -0.2) is 23.1 Å². The molecular formula is C15H25NOS. The van der Waals surface area contributed by atoms with E-state index in [0.717, 1.165) is 24.4 Å².